The fraction of sp³-hybridized carbons (Fsp3) is 0.308. The molecule has 7 aromatic rings. The summed E-state index contributed by atoms with van der Waals surface area (Å²) < 4.78 is 11.7. The van der Waals surface area contributed by atoms with Gasteiger partial charge in [-0.15, -0.1) is 0 Å². The van der Waals surface area contributed by atoms with Crippen LogP contribution in [0.4, 0.5) is 0 Å². The van der Waals surface area contributed by atoms with E-state index in [0.717, 1.165) is 50.1 Å². The Hall–Kier alpha value is -4.51. The van der Waals surface area contributed by atoms with Crippen molar-refractivity contribution in [3.8, 4) is 17.1 Å². The zero-order valence-corrected chi connectivity index (χ0v) is 27.3. The molecule has 0 saturated carbocycles. The molecule has 0 aliphatic rings. The van der Waals surface area contributed by atoms with E-state index in [9.17, 15) is 0 Å². The highest BCUT2D eigenvalue weighted by Crippen LogP contribution is 2.42. The second-order valence-corrected chi connectivity index (χ2v) is 13.9. The largest absolute Gasteiger partial charge is 0.455 e. The molecule has 7 rings (SSSR count). The van der Waals surface area contributed by atoms with E-state index in [2.05, 4.69) is 138 Å². The van der Waals surface area contributed by atoms with Crippen molar-refractivity contribution in [3.63, 3.8) is 0 Å². The van der Waals surface area contributed by atoms with Crippen LogP contribution in [0.1, 0.15) is 82.7 Å². The van der Waals surface area contributed by atoms with E-state index in [-0.39, 0.29) is 5.41 Å². The third kappa shape index (κ3) is 4.24. The van der Waals surface area contributed by atoms with Gasteiger partial charge in [-0.2, -0.15) is 4.57 Å². The Bertz CT molecular complexity index is 2220. The van der Waals surface area contributed by atoms with Crippen molar-refractivity contribution < 1.29 is 8.98 Å². The Morgan fingerprint density at radius 3 is 2.20 bits per heavy atom. The monoisotopic (exact) mass is 581 g/mol. The number of furan rings is 1. The van der Waals surface area contributed by atoms with Gasteiger partial charge in [0, 0.05) is 39.6 Å². The highest BCUT2D eigenvalue weighted by Gasteiger charge is 2.33. The summed E-state index contributed by atoms with van der Waals surface area (Å²) >= 11 is 0. The minimum Gasteiger partial charge on any atom is -0.455 e. The molecule has 0 aliphatic heterocycles. The third-order valence-corrected chi connectivity index (χ3v) is 9.08. The number of nitrogens with zero attached hydrogens (tertiary/aromatic N) is 4. The van der Waals surface area contributed by atoms with Gasteiger partial charge in [0.15, 0.2) is 16.6 Å². The molecule has 0 atom stereocenters. The molecule has 0 fully saturated rings. The molecule has 0 radical (unpaired) electrons. The lowest BCUT2D eigenvalue weighted by molar-refractivity contribution is -0.633. The first-order chi connectivity index (χ1) is 21.0. The van der Waals surface area contributed by atoms with Gasteiger partial charge >= 0.3 is 0 Å². The Kier molecular flexibility index (Phi) is 6.44. The molecule has 3 aromatic heterocycles. The number of aromatic nitrogens is 4. The van der Waals surface area contributed by atoms with Gasteiger partial charge in [-0.1, -0.05) is 90.9 Å². The predicted molar refractivity (Wildman–Crippen MR) is 182 cm³/mol. The molecule has 44 heavy (non-hydrogen) atoms. The molecule has 0 spiro atoms. The number of hydrogen-bond acceptors (Lipinski definition) is 3. The van der Waals surface area contributed by atoms with Crippen molar-refractivity contribution in [2.75, 3.05) is 0 Å². The van der Waals surface area contributed by atoms with E-state index in [1.54, 1.807) is 0 Å². The average molecular weight is 582 g/mol. The highest BCUT2D eigenvalue weighted by molar-refractivity contribution is 6.12. The maximum Gasteiger partial charge on any atom is 0.299 e. The topological polar surface area (TPSA) is 47.7 Å². The molecule has 0 saturated heterocycles. The molecular formula is C39H41N4O+. The average Bonchev–Trinajstić information content (AvgIpc) is 3.48. The van der Waals surface area contributed by atoms with Crippen LogP contribution in [0.25, 0.3) is 61.1 Å². The van der Waals surface area contributed by atoms with Gasteiger partial charge in [0.2, 0.25) is 0 Å². The van der Waals surface area contributed by atoms with Crippen LogP contribution >= 0.6 is 0 Å². The van der Waals surface area contributed by atoms with Crippen molar-refractivity contribution in [2.24, 2.45) is 7.05 Å². The lowest BCUT2D eigenvalue weighted by Crippen LogP contribution is -2.30. The normalized spacial score (nSPS) is 12.6. The molecule has 4 aromatic carbocycles. The van der Waals surface area contributed by atoms with Crippen LogP contribution in [0.3, 0.4) is 0 Å². The zero-order chi connectivity index (χ0) is 31.1. The smallest absolute Gasteiger partial charge is 0.299 e. The third-order valence-electron chi connectivity index (χ3n) is 9.08. The van der Waals surface area contributed by atoms with Crippen molar-refractivity contribution >= 4 is 44.0 Å². The fourth-order valence-electron chi connectivity index (χ4n) is 6.67. The van der Waals surface area contributed by atoms with Gasteiger partial charge in [-0.25, -0.2) is 9.55 Å². The predicted octanol–water partition coefficient (Wildman–Crippen LogP) is 9.82. The van der Waals surface area contributed by atoms with E-state index in [4.69, 9.17) is 14.4 Å². The van der Waals surface area contributed by atoms with Crippen LogP contribution in [0.15, 0.2) is 77.3 Å². The van der Waals surface area contributed by atoms with Crippen LogP contribution in [0.5, 0.6) is 0 Å². The number of benzene rings is 4. The quantitative estimate of drug-likeness (QED) is 0.194. The summed E-state index contributed by atoms with van der Waals surface area (Å²) in [7, 11) is 2.18. The Labute approximate surface area is 259 Å². The fourth-order valence-corrected chi connectivity index (χ4v) is 6.67. The molecule has 3 heterocycles. The molecule has 5 heteroatoms. The number of aryl methyl sites for hydroxylation is 2. The van der Waals surface area contributed by atoms with Gasteiger partial charge in [0.1, 0.15) is 16.8 Å². The number of imidazole rings is 1. The molecule has 5 nitrogen and oxygen atoms in total. The first-order valence-electron chi connectivity index (χ1n) is 15.7. The SMILES string of the molecule is Cc1ccc2c(oc3cc4nc(C(C)(C)C)cnc4cc32)c1-c1n(-c2c(C(C)C)cccc2C(C)C)c2ccccc2[n+]1C. The summed E-state index contributed by atoms with van der Waals surface area (Å²) in [6.07, 6.45) is 1.91. The molecule has 0 bridgehead atoms. The van der Waals surface area contributed by atoms with Crippen molar-refractivity contribution in [2.45, 2.75) is 72.6 Å². The minimum atomic E-state index is -0.0857. The van der Waals surface area contributed by atoms with Crippen LogP contribution in [0, 0.1) is 6.92 Å². The molecule has 0 amide bonds. The molecule has 0 unspecified atom stereocenters. The van der Waals surface area contributed by atoms with Gasteiger partial charge in [0.05, 0.1) is 23.8 Å². The number of para-hydroxylation sites is 3. The van der Waals surface area contributed by atoms with Crippen LogP contribution in [-0.4, -0.2) is 14.5 Å². The number of rotatable bonds is 4. The Balaban J connectivity index is 1.61. The van der Waals surface area contributed by atoms with Crippen LogP contribution in [0.2, 0.25) is 0 Å². The summed E-state index contributed by atoms with van der Waals surface area (Å²) in [5.74, 6) is 1.83. The van der Waals surface area contributed by atoms with E-state index < -0.39 is 0 Å². The summed E-state index contributed by atoms with van der Waals surface area (Å²) in [5, 5.41) is 2.14. The first-order valence-corrected chi connectivity index (χ1v) is 15.7. The first kappa shape index (κ1) is 28.3. The lowest BCUT2D eigenvalue weighted by Gasteiger charge is -2.18. The molecule has 222 valence electrons. The Morgan fingerprint density at radius 1 is 0.818 bits per heavy atom. The molecule has 0 N–H and O–H groups in total. The van der Waals surface area contributed by atoms with E-state index in [1.165, 1.54) is 33.4 Å². The van der Waals surface area contributed by atoms with E-state index in [1.807, 2.05) is 6.20 Å². The summed E-state index contributed by atoms with van der Waals surface area (Å²) in [5.41, 5.74) is 12.9. The Morgan fingerprint density at radius 2 is 1.52 bits per heavy atom. The second kappa shape index (κ2) is 10.0. The lowest BCUT2D eigenvalue weighted by atomic mass is 9.92. The maximum atomic E-state index is 6.86. The van der Waals surface area contributed by atoms with Gasteiger partial charge in [0.25, 0.3) is 5.82 Å². The van der Waals surface area contributed by atoms with Crippen molar-refractivity contribution in [1.29, 1.82) is 0 Å². The van der Waals surface area contributed by atoms with Gasteiger partial charge in [-0.05, 0) is 42.5 Å². The van der Waals surface area contributed by atoms with Gasteiger partial charge in [-0.3, -0.25) is 4.98 Å². The number of hydrogen-bond donors (Lipinski definition) is 0. The zero-order valence-electron chi connectivity index (χ0n) is 27.3. The van der Waals surface area contributed by atoms with E-state index in [0.29, 0.717) is 11.8 Å². The van der Waals surface area contributed by atoms with Gasteiger partial charge < -0.3 is 4.42 Å². The van der Waals surface area contributed by atoms with Crippen LogP contribution in [-0.2, 0) is 12.5 Å². The summed E-state index contributed by atoms with van der Waals surface area (Å²) in [6, 6.07) is 24.1. The van der Waals surface area contributed by atoms with Crippen molar-refractivity contribution in [3.05, 3.63) is 95.3 Å². The maximum absolute atomic E-state index is 6.86. The molecule has 0 aliphatic carbocycles. The number of fused-ring (bicyclic) bond motifs is 5. The highest BCUT2D eigenvalue weighted by atomic mass is 16.3. The molecular weight excluding hydrogens is 540 g/mol. The minimum absolute atomic E-state index is 0.0857. The van der Waals surface area contributed by atoms with Crippen LogP contribution < -0.4 is 4.57 Å². The summed E-state index contributed by atoms with van der Waals surface area (Å²) in [6.45, 7) is 17.8. The second-order valence-electron chi connectivity index (χ2n) is 13.9. The van der Waals surface area contributed by atoms with E-state index >= 15 is 0 Å². The standard InChI is InChI=1S/C39H41N4O/c1-22(2)25-13-12-14-26(23(3)4)36(25)43-32-16-11-10-15-31(32)42(9)38(43)35-24(5)17-18-27-28-19-29-30(20-33(28)44-37(27)35)41-34(21-40-29)39(6,7)8/h10-23H,1-9H3/q+1. The summed E-state index contributed by atoms with van der Waals surface area (Å²) in [4.78, 5) is 9.80. The van der Waals surface area contributed by atoms with Crippen molar-refractivity contribution in [1.82, 2.24) is 14.5 Å².